The number of aromatic amines is 1. The van der Waals surface area contributed by atoms with Crippen LogP contribution in [0.25, 0.3) is 11.3 Å². The Hall–Kier alpha value is -3.32. The zero-order chi connectivity index (χ0) is 24.9. The van der Waals surface area contributed by atoms with E-state index in [1.165, 1.54) is 19.3 Å². The second-order valence-corrected chi connectivity index (χ2v) is 9.21. The molecule has 1 amide bonds. The van der Waals surface area contributed by atoms with E-state index < -0.39 is 0 Å². The lowest BCUT2D eigenvalue weighted by Gasteiger charge is -2.26. The molecule has 1 atom stereocenters. The summed E-state index contributed by atoms with van der Waals surface area (Å²) in [7, 11) is 1.63. The number of methoxy groups -OCH3 is 1. The molecule has 1 aliphatic heterocycles. The molecule has 1 unspecified atom stereocenters. The molecule has 0 spiro atoms. The van der Waals surface area contributed by atoms with Crippen molar-refractivity contribution < 1.29 is 19.4 Å². The molecule has 2 N–H and O–H groups in total. The number of unbranched alkanes of at least 4 members (excludes halogenated alkanes) is 3. The van der Waals surface area contributed by atoms with Gasteiger partial charge in [-0.05, 0) is 55.2 Å². The van der Waals surface area contributed by atoms with E-state index >= 15 is 0 Å². The van der Waals surface area contributed by atoms with Crippen molar-refractivity contribution >= 4 is 5.91 Å². The molecular formula is C28H35N3O4. The summed E-state index contributed by atoms with van der Waals surface area (Å²) in [6.07, 6.45) is 4.64. The minimum Gasteiger partial charge on any atom is -0.507 e. The Morgan fingerprint density at radius 1 is 1.09 bits per heavy atom. The molecule has 7 heteroatoms. The molecule has 4 rings (SSSR count). The molecule has 2 aromatic carbocycles. The SMILES string of the molecule is CCCCCCOc1ccc(C2c3c(-c4cc(C)cc(C)c4O)n[nH]c3C(=O)N2CCOC)cc1. The number of carbonyl (C=O) groups excluding carboxylic acids is 1. The minimum atomic E-state index is -0.347. The van der Waals surface area contributed by atoms with Gasteiger partial charge in [-0.2, -0.15) is 5.10 Å². The maximum Gasteiger partial charge on any atom is 0.273 e. The van der Waals surface area contributed by atoms with E-state index in [0.717, 1.165) is 34.4 Å². The van der Waals surface area contributed by atoms with Gasteiger partial charge in [0.15, 0.2) is 0 Å². The number of nitrogens with one attached hydrogen (secondary N) is 1. The maximum atomic E-state index is 13.4. The predicted octanol–water partition coefficient (Wildman–Crippen LogP) is 5.55. The summed E-state index contributed by atoms with van der Waals surface area (Å²) in [5.41, 5.74) is 5.20. The molecule has 7 nitrogen and oxygen atoms in total. The quantitative estimate of drug-likeness (QED) is 0.354. The molecule has 35 heavy (non-hydrogen) atoms. The van der Waals surface area contributed by atoms with Crippen molar-refractivity contribution in [3.63, 3.8) is 0 Å². The highest BCUT2D eigenvalue weighted by Gasteiger charge is 2.42. The van der Waals surface area contributed by atoms with Crippen LogP contribution in [0.5, 0.6) is 11.5 Å². The van der Waals surface area contributed by atoms with E-state index in [4.69, 9.17) is 9.47 Å². The fourth-order valence-corrected chi connectivity index (χ4v) is 4.77. The normalized spacial score (nSPS) is 15.0. The summed E-state index contributed by atoms with van der Waals surface area (Å²) < 4.78 is 11.2. The second kappa shape index (κ2) is 11.0. The fraction of sp³-hybridized carbons (Fsp3) is 0.429. The Morgan fingerprint density at radius 2 is 1.86 bits per heavy atom. The van der Waals surface area contributed by atoms with Gasteiger partial charge < -0.3 is 19.5 Å². The van der Waals surface area contributed by atoms with Gasteiger partial charge in [-0.15, -0.1) is 0 Å². The number of benzene rings is 2. The largest absolute Gasteiger partial charge is 0.507 e. The third kappa shape index (κ3) is 5.05. The topological polar surface area (TPSA) is 87.7 Å². The first-order valence-corrected chi connectivity index (χ1v) is 12.4. The fourth-order valence-electron chi connectivity index (χ4n) is 4.77. The monoisotopic (exact) mass is 477 g/mol. The number of phenolic OH excluding ortho intramolecular Hbond substituents is 1. The van der Waals surface area contributed by atoms with E-state index in [9.17, 15) is 9.90 Å². The highest BCUT2D eigenvalue weighted by Crippen LogP contribution is 2.45. The average Bonchev–Trinajstić information content (AvgIpc) is 3.39. The first-order chi connectivity index (χ1) is 17.0. The Morgan fingerprint density at radius 3 is 2.57 bits per heavy atom. The lowest BCUT2D eigenvalue weighted by molar-refractivity contribution is 0.0677. The van der Waals surface area contributed by atoms with Crippen LogP contribution in [-0.4, -0.2) is 53.0 Å². The molecular weight excluding hydrogens is 442 g/mol. The van der Waals surface area contributed by atoms with Crippen LogP contribution >= 0.6 is 0 Å². The number of amides is 1. The number of carbonyl (C=O) groups is 1. The van der Waals surface area contributed by atoms with Crippen molar-refractivity contribution in [2.75, 3.05) is 26.9 Å². The average molecular weight is 478 g/mol. The van der Waals surface area contributed by atoms with E-state index in [2.05, 4.69) is 17.1 Å². The number of aryl methyl sites for hydroxylation is 2. The molecule has 0 bridgehead atoms. The van der Waals surface area contributed by atoms with E-state index in [0.29, 0.717) is 36.7 Å². The number of aromatic nitrogens is 2. The number of fused-ring (bicyclic) bond motifs is 1. The van der Waals surface area contributed by atoms with Crippen LogP contribution in [0.1, 0.15) is 71.4 Å². The van der Waals surface area contributed by atoms with Crippen molar-refractivity contribution in [3.8, 4) is 22.8 Å². The Balaban J connectivity index is 1.69. The number of hydrogen-bond donors (Lipinski definition) is 2. The van der Waals surface area contributed by atoms with Gasteiger partial charge in [-0.25, -0.2) is 0 Å². The van der Waals surface area contributed by atoms with Crippen LogP contribution in [-0.2, 0) is 4.74 Å². The van der Waals surface area contributed by atoms with Gasteiger partial charge in [0.05, 0.1) is 19.3 Å². The van der Waals surface area contributed by atoms with Gasteiger partial charge in [-0.1, -0.05) is 44.4 Å². The standard InChI is InChI=1S/C28H35N3O4/c1-5-6-7-8-14-35-21-11-9-20(10-12-21)26-23-24(22-17-18(2)16-19(3)27(22)32)29-30-25(23)28(33)31(26)13-15-34-4/h9-12,16-17,26,32H,5-8,13-15H2,1-4H3,(H,29,30). The molecule has 0 fully saturated rings. The van der Waals surface area contributed by atoms with Gasteiger partial charge in [0.2, 0.25) is 0 Å². The summed E-state index contributed by atoms with van der Waals surface area (Å²) in [6.45, 7) is 7.61. The van der Waals surface area contributed by atoms with Crippen molar-refractivity contribution in [1.29, 1.82) is 0 Å². The molecule has 2 heterocycles. The van der Waals surface area contributed by atoms with Crippen LogP contribution in [0.4, 0.5) is 0 Å². The molecule has 1 aromatic heterocycles. The number of H-pyrrole nitrogens is 1. The summed E-state index contributed by atoms with van der Waals surface area (Å²) in [5, 5.41) is 18.3. The number of nitrogens with zero attached hydrogens (tertiary/aromatic N) is 2. The van der Waals surface area contributed by atoms with Gasteiger partial charge >= 0.3 is 0 Å². The highest BCUT2D eigenvalue weighted by molar-refractivity contribution is 6.00. The van der Waals surface area contributed by atoms with Crippen molar-refractivity contribution in [3.05, 3.63) is 64.3 Å². The van der Waals surface area contributed by atoms with E-state index in [1.807, 2.05) is 50.2 Å². The number of phenols is 1. The summed E-state index contributed by atoms with van der Waals surface area (Å²) in [4.78, 5) is 15.2. The molecule has 0 saturated carbocycles. The highest BCUT2D eigenvalue weighted by atomic mass is 16.5. The van der Waals surface area contributed by atoms with Crippen LogP contribution in [0, 0.1) is 13.8 Å². The molecule has 0 aliphatic carbocycles. The first kappa shape index (κ1) is 24.8. The first-order valence-electron chi connectivity index (χ1n) is 12.4. The van der Waals surface area contributed by atoms with Gasteiger partial charge in [0.1, 0.15) is 22.9 Å². The smallest absolute Gasteiger partial charge is 0.273 e. The third-order valence-corrected chi connectivity index (χ3v) is 6.56. The third-order valence-electron chi connectivity index (χ3n) is 6.56. The van der Waals surface area contributed by atoms with Crippen LogP contribution in [0.3, 0.4) is 0 Å². The zero-order valence-electron chi connectivity index (χ0n) is 21.1. The number of rotatable bonds is 11. The summed E-state index contributed by atoms with van der Waals surface area (Å²) >= 11 is 0. The van der Waals surface area contributed by atoms with Gasteiger partial charge in [-0.3, -0.25) is 9.89 Å². The van der Waals surface area contributed by atoms with E-state index in [1.54, 1.807) is 12.0 Å². The number of aromatic hydroxyl groups is 1. The number of hydrogen-bond acceptors (Lipinski definition) is 5. The molecule has 186 valence electrons. The minimum absolute atomic E-state index is 0.124. The maximum absolute atomic E-state index is 13.4. The zero-order valence-corrected chi connectivity index (χ0v) is 21.1. The van der Waals surface area contributed by atoms with E-state index in [-0.39, 0.29) is 17.7 Å². The Kier molecular flexibility index (Phi) is 7.76. The van der Waals surface area contributed by atoms with Crippen LogP contribution in [0.2, 0.25) is 0 Å². The lowest BCUT2D eigenvalue weighted by atomic mass is 9.94. The predicted molar refractivity (Wildman–Crippen MR) is 136 cm³/mol. The molecule has 3 aromatic rings. The van der Waals surface area contributed by atoms with Crippen LogP contribution in [0.15, 0.2) is 36.4 Å². The Bertz CT molecular complexity index is 1170. The summed E-state index contributed by atoms with van der Waals surface area (Å²) in [6, 6.07) is 11.4. The molecule has 1 aliphatic rings. The van der Waals surface area contributed by atoms with Gasteiger partial charge in [0.25, 0.3) is 5.91 Å². The van der Waals surface area contributed by atoms with Crippen molar-refractivity contribution in [2.24, 2.45) is 0 Å². The second-order valence-electron chi connectivity index (χ2n) is 9.21. The van der Waals surface area contributed by atoms with Crippen LogP contribution < -0.4 is 4.74 Å². The van der Waals surface area contributed by atoms with Gasteiger partial charge in [0, 0.05) is 24.8 Å². The molecule has 0 radical (unpaired) electrons. The number of ether oxygens (including phenoxy) is 2. The molecule has 0 saturated heterocycles. The Labute approximate surface area is 207 Å². The van der Waals surface area contributed by atoms with Crippen molar-refractivity contribution in [1.82, 2.24) is 15.1 Å². The lowest BCUT2D eigenvalue weighted by Crippen LogP contribution is -2.32. The summed E-state index contributed by atoms with van der Waals surface area (Å²) in [5.74, 6) is 0.872. The van der Waals surface area contributed by atoms with Crippen molar-refractivity contribution in [2.45, 2.75) is 52.5 Å².